The normalized spacial score (nSPS) is 18.6. The van der Waals surface area contributed by atoms with Crippen LogP contribution >= 0.6 is 0 Å². The van der Waals surface area contributed by atoms with E-state index in [1.54, 1.807) is 30.3 Å². The zero-order valence-electron chi connectivity index (χ0n) is 14.4. The van der Waals surface area contributed by atoms with E-state index in [0.29, 0.717) is 19.8 Å². The minimum Gasteiger partial charge on any atom is -0.379 e. The van der Waals surface area contributed by atoms with Crippen LogP contribution in [0.3, 0.4) is 0 Å². The number of sulfonamides is 1. The number of morpholine rings is 1. The Kier molecular flexibility index (Phi) is 5.54. The van der Waals surface area contributed by atoms with Crippen molar-refractivity contribution < 1.29 is 13.2 Å². The maximum atomic E-state index is 12.6. The van der Waals surface area contributed by atoms with E-state index < -0.39 is 15.6 Å². The van der Waals surface area contributed by atoms with Crippen LogP contribution in [0.1, 0.15) is 12.5 Å². The molecule has 1 aliphatic rings. The molecule has 0 aliphatic carbocycles. The molecule has 2 aromatic rings. The molecule has 1 fully saturated rings. The highest BCUT2D eigenvalue weighted by molar-refractivity contribution is 7.89. The van der Waals surface area contributed by atoms with Crippen LogP contribution in [0, 0.1) is 0 Å². The van der Waals surface area contributed by atoms with Crippen molar-refractivity contribution in [1.29, 1.82) is 0 Å². The SMILES string of the molecule is C[C@](CNS(=O)(=O)c1ccccc1)(c1ccccc1)N1CCOCC1. The Hall–Kier alpha value is -1.73. The lowest BCUT2D eigenvalue weighted by Crippen LogP contribution is -2.55. The van der Waals surface area contributed by atoms with E-state index in [4.69, 9.17) is 4.74 Å². The molecular weight excluding hydrogens is 336 g/mol. The minimum atomic E-state index is -3.55. The van der Waals surface area contributed by atoms with Gasteiger partial charge in [0.25, 0.3) is 0 Å². The van der Waals surface area contributed by atoms with Gasteiger partial charge >= 0.3 is 0 Å². The third-order valence-electron chi connectivity index (χ3n) is 4.76. The molecule has 0 bridgehead atoms. The highest BCUT2D eigenvalue weighted by Gasteiger charge is 2.35. The van der Waals surface area contributed by atoms with E-state index in [1.165, 1.54) is 0 Å². The molecule has 25 heavy (non-hydrogen) atoms. The number of benzene rings is 2. The predicted molar refractivity (Wildman–Crippen MR) is 97.8 cm³/mol. The topological polar surface area (TPSA) is 58.6 Å². The third-order valence-corrected chi connectivity index (χ3v) is 6.18. The summed E-state index contributed by atoms with van der Waals surface area (Å²) in [6.07, 6.45) is 0. The number of ether oxygens (including phenoxy) is 1. The maximum Gasteiger partial charge on any atom is 0.240 e. The summed E-state index contributed by atoms with van der Waals surface area (Å²) in [5.74, 6) is 0. The first kappa shape index (κ1) is 18.1. The Morgan fingerprint density at radius 1 is 1.00 bits per heavy atom. The lowest BCUT2D eigenvalue weighted by Gasteiger charge is -2.43. The van der Waals surface area contributed by atoms with Crippen molar-refractivity contribution in [2.45, 2.75) is 17.4 Å². The van der Waals surface area contributed by atoms with Gasteiger partial charge in [-0.25, -0.2) is 13.1 Å². The Balaban J connectivity index is 1.85. The monoisotopic (exact) mass is 360 g/mol. The van der Waals surface area contributed by atoms with Crippen LogP contribution in [-0.4, -0.2) is 46.2 Å². The van der Waals surface area contributed by atoms with Crippen LogP contribution in [0.4, 0.5) is 0 Å². The van der Waals surface area contributed by atoms with E-state index in [9.17, 15) is 8.42 Å². The molecule has 0 unspecified atom stereocenters. The molecule has 0 amide bonds. The molecule has 0 aromatic heterocycles. The van der Waals surface area contributed by atoms with Crippen molar-refractivity contribution in [3.63, 3.8) is 0 Å². The van der Waals surface area contributed by atoms with Gasteiger partial charge in [0.1, 0.15) is 0 Å². The molecular formula is C19H24N2O3S. The molecule has 1 atom stereocenters. The largest absolute Gasteiger partial charge is 0.379 e. The second kappa shape index (κ2) is 7.66. The average molecular weight is 360 g/mol. The molecule has 1 aliphatic heterocycles. The standard InChI is InChI=1S/C19H24N2O3S/c1-19(17-8-4-2-5-9-17,21-12-14-24-15-13-21)16-20-25(22,23)18-10-6-3-7-11-18/h2-11,20H,12-16H2,1H3/t19-/m0/s1. The fourth-order valence-electron chi connectivity index (χ4n) is 3.17. The van der Waals surface area contributed by atoms with Crippen molar-refractivity contribution in [2.75, 3.05) is 32.8 Å². The molecule has 1 saturated heterocycles. The summed E-state index contributed by atoms with van der Waals surface area (Å²) in [5, 5.41) is 0. The van der Waals surface area contributed by atoms with Crippen molar-refractivity contribution >= 4 is 10.0 Å². The van der Waals surface area contributed by atoms with Gasteiger partial charge in [0.2, 0.25) is 10.0 Å². The van der Waals surface area contributed by atoms with Gasteiger partial charge in [0.15, 0.2) is 0 Å². The molecule has 0 spiro atoms. The van der Waals surface area contributed by atoms with E-state index in [2.05, 4.69) is 16.5 Å². The molecule has 0 radical (unpaired) electrons. The van der Waals surface area contributed by atoms with E-state index in [0.717, 1.165) is 18.7 Å². The zero-order valence-corrected chi connectivity index (χ0v) is 15.2. The number of hydrogen-bond donors (Lipinski definition) is 1. The van der Waals surface area contributed by atoms with Crippen molar-refractivity contribution in [2.24, 2.45) is 0 Å². The summed E-state index contributed by atoms with van der Waals surface area (Å²) in [6, 6.07) is 18.5. The summed E-state index contributed by atoms with van der Waals surface area (Å²) in [4.78, 5) is 2.58. The summed E-state index contributed by atoms with van der Waals surface area (Å²) in [6.45, 7) is 5.26. The average Bonchev–Trinajstić information content (AvgIpc) is 2.68. The second-order valence-electron chi connectivity index (χ2n) is 6.38. The van der Waals surface area contributed by atoms with Crippen LogP contribution in [-0.2, 0) is 20.3 Å². The predicted octanol–water partition coefficient (Wildman–Crippen LogP) is 2.21. The summed E-state index contributed by atoms with van der Waals surface area (Å²) >= 11 is 0. The van der Waals surface area contributed by atoms with Gasteiger partial charge in [-0.15, -0.1) is 0 Å². The minimum absolute atomic E-state index is 0.285. The van der Waals surface area contributed by atoms with Gasteiger partial charge in [-0.3, -0.25) is 4.90 Å². The number of rotatable bonds is 6. The van der Waals surface area contributed by atoms with Gasteiger partial charge in [-0.1, -0.05) is 48.5 Å². The van der Waals surface area contributed by atoms with Crippen molar-refractivity contribution in [3.8, 4) is 0 Å². The molecule has 0 saturated carbocycles. The number of nitrogens with one attached hydrogen (secondary N) is 1. The first-order valence-corrected chi connectivity index (χ1v) is 9.94. The highest BCUT2D eigenvalue weighted by atomic mass is 32.2. The van der Waals surface area contributed by atoms with Crippen LogP contribution in [0.2, 0.25) is 0 Å². The lowest BCUT2D eigenvalue weighted by molar-refractivity contribution is -0.0164. The quantitative estimate of drug-likeness (QED) is 0.858. The van der Waals surface area contributed by atoms with Gasteiger partial charge in [-0.05, 0) is 24.6 Å². The molecule has 2 aromatic carbocycles. The van der Waals surface area contributed by atoms with Gasteiger partial charge < -0.3 is 4.74 Å². The van der Waals surface area contributed by atoms with Crippen LogP contribution in [0.15, 0.2) is 65.6 Å². The van der Waals surface area contributed by atoms with Gasteiger partial charge in [-0.2, -0.15) is 0 Å². The first-order chi connectivity index (χ1) is 12.0. The Bertz CT molecular complexity index is 775. The van der Waals surface area contributed by atoms with E-state index in [1.807, 2.05) is 30.3 Å². The Morgan fingerprint density at radius 2 is 1.56 bits per heavy atom. The number of nitrogens with zero attached hydrogens (tertiary/aromatic N) is 1. The lowest BCUT2D eigenvalue weighted by atomic mass is 9.89. The smallest absolute Gasteiger partial charge is 0.240 e. The molecule has 1 N–H and O–H groups in total. The third kappa shape index (κ3) is 4.10. The van der Waals surface area contributed by atoms with Crippen LogP contribution < -0.4 is 4.72 Å². The summed E-state index contributed by atoms with van der Waals surface area (Å²) < 4.78 is 33.5. The maximum absolute atomic E-state index is 12.6. The highest BCUT2D eigenvalue weighted by Crippen LogP contribution is 2.29. The fourth-order valence-corrected chi connectivity index (χ4v) is 4.32. The number of hydrogen-bond acceptors (Lipinski definition) is 4. The molecule has 1 heterocycles. The van der Waals surface area contributed by atoms with Crippen molar-refractivity contribution in [3.05, 3.63) is 66.2 Å². The first-order valence-electron chi connectivity index (χ1n) is 8.45. The molecule has 6 heteroatoms. The van der Waals surface area contributed by atoms with Crippen LogP contribution in [0.25, 0.3) is 0 Å². The Labute approximate surface area is 149 Å². The Morgan fingerprint density at radius 3 is 2.16 bits per heavy atom. The van der Waals surface area contributed by atoms with Gasteiger partial charge in [0.05, 0.1) is 23.6 Å². The van der Waals surface area contributed by atoms with E-state index in [-0.39, 0.29) is 4.90 Å². The van der Waals surface area contributed by atoms with E-state index >= 15 is 0 Å². The van der Waals surface area contributed by atoms with Crippen LogP contribution in [0.5, 0.6) is 0 Å². The fraction of sp³-hybridized carbons (Fsp3) is 0.368. The summed E-state index contributed by atoms with van der Waals surface area (Å²) in [5.41, 5.74) is 0.653. The zero-order chi connectivity index (χ0) is 17.8. The second-order valence-corrected chi connectivity index (χ2v) is 8.14. The molecule has 134 valence electrons. The molecule has 5 nitrogen and oxygen atoms in total. The molecule has 3 rings (SSSR count). The summed E-state index contributed by atoms with van der Waals surface area (Å²) in [7, 11) is -3.55. The van der Waals surface area contributed by atoms with Gasteiger partial charge in [0, 0.05) is 19.6 Å². The van der Waals surface area contributed by atoms with Crippen molar-refractivity contribution in [1.82, 2.24) is 9.62 Å².